The molecule has 0 aromatic rings. The standard InChI is InChI=1S/C13H25N3O14S/c17-11(18)10(14-12(19)27-5-1-25-3-7-29-15(21)22)9-31-13(20)28-6-2-26-4-8-30-16(23)24/h10,21-24H,1-9H2,(H,14,19)(H,17,18). The molecule has 0 aromatic carbocycles. The monoisotopic (exact) mass is 479 g/mol. The van der Waals surface area contributed by atoms with Crippen LogP contribution < -0.4 is 5.32 Å². The zero-order valence-corrected chi connectivity index (χ0v) is 17.0. The maximum absolute atomic E-state index is 11.6. The molecule has 0 saturated carbocycles. The zero-order chi connectivity index (χ0) is 23.5. The Morgan fingerprint density at radius 2 is 1.26 bits per heavy atom. The number of nitrogens with one attached hydrogen (secondary N) is 1. The SMILES string of the molecule is O=C(NC(CSC(=O)OCCOCCON(O)O)C(=O)O)OCCOCCON(O)O. The number of nitrogens with zero attached hydrogens (tertiary/aromatic N) is 2. The van der Waals surface area contributed by atoms with Crippen LogP contribution in [0.3, 0.4) is 0 Å². The van der Waals surface area contributed by atoms with Gasteiger partial charge < -0.3 is 29.4 Å². The van der Waals surface area contributed by atoms with Crippen LogP contribution >= 0.6 is 11.8 Å². The minimum Gasteiger partial charge on any atom is -0.480 e. The third kappa shape index (κ3) is 19.8. The Balaban J connectivity index is 3.86. The molecule has 0 aromatic heterocycles. The Kier molecular flexibility index (Phi) is 17.8. The van der Waals surface area contributed by atoms with Crippen molar-refractivity contribution < 1.29 is 68.9 Å². The van der Waals surface area contributed by atoms with E-state index in [1.54, 1.807) is 0 Å². The highest BCUT2D eigenvalue weighted by Gasteiger charge is 2.22. The van der Waals surface area contributed by atoms with Gasteiger partial charge in [0.2, 0.25) is 0 Å². The van der Waals surface area contributed by atoms with Gasteiger partial charge in [0.05, 0.1) is 50.4 Å². The predicted molar refractivity (Wildman–Crippen MR) is 94.1 cm³/mol. The molecular formula is C13H25N3O14S. The molecule has 18 heteroatoms. The van der Waals surface area contributed by atoms with E-state index in [1.165, 1.54) is 0 Å². The van der Waals surface area contributed by atoms with Gasteiger partial charge in [-0.15, -0.1) is 0 Å². The van der Waals surface area contributed by atoms with E-state index >= 15 is 0 Å². The third-order valence-corrected chi connectivity index (χ3v) is 3.59. The summed E-state index contributed by atoms with van der Waals surface area (Å²) in [6, 6.07) is -1.42. The van der Waals surface area contributed by atoms with Gasteiger partial charge in [-0.05, 0) is 11.8 Å². The number of rotatable bonds is 18. The number of aliphatic carboxylic acids is 1. The van der Waals surface area contributed by atoms with Crippen LogP contribution in [-0.4, -0.2) is 119 Å². The molecule has 0 rings (SSSR count). The molecule has 1 atom stereocenters. The van der Waals surface area contributed by atoms with E-state index in [1.807, 2.05) is 0 Å². The number of amides is 1. The molecule has 31 heavy (non-hydrogen) atoms. The van der Waals surface area contributed by atoms with Crippen molar-refractivity contribution in [2.75, 3.05) is 58.6 Å². The Labute approximate surface area is 179 Å². The number of carbonyl (C=O) groups is 3. The molecule has 0 saturated heterocycles. The number of hydrogen-bond donors (Lipinski definition) is 6. The normalized spacial score (nSPS) is 12.1. The molecule has 0 radical (unpaired) electrons. The third-order valence-electron chi connectivity index (χ3n) is 2.74. The zero-order valence-electron chi connectivity index (χ0n) is 16.2. The van der Waals surface area contributed by atoms with E-state index in [0.717, 1.165) is 0 Å². The van der Waals surface area contributed by atoms with E-state index in [4.69, 9.17) is 44.9 Å². The van der Waals surface area contributed by atoms with Crippen molar-refractivity contribution >= 4 is 29.1 Å². The molecule has 0 aliphatic carbocycles. The topological polar surface area (TPSA) is 226 Å². The summed E-state index contributed by atoms with van der Waals surface area (Å²) in [5.74, 6) is -1.72. The van der Waals surface area contributed by atoms with Crippen LogP contribution in [0.25, 0.3) is 0 Å². The van der Waals surface area contributed by atoms with E-state index in [0.29, 0.717) is 11.8 Å². The minimum atomic E-state index is -1.42. The summed E-state index contributed by atoms with van der Waals surface area (Å²) in [4.78, 5) is 42.7. The van der Waals surface area contributed by atoms with Gasteiger partial charge in [0, 0.05) is 5.75 Å². The molecule has 6 N–H and O–H groups in total. The summed E-state index contributed by atoms with van der Waals surface area (Å²) in [5.41, 5.74) is 0. The second-order valence-electron chi connectivity index (χ2n) is 4.98. The summed E-state index contributed by atoms with van der Waals surface area (Å²) in [7, 11) is 0. The van der Waals surface area contributed by atoms with Gasteiger partial charge in [0.15, 0.2) is 0 Å². The molecule has 1 amide bonds. The molecule has 17 nitrogen and oxygen atoms in total. The average Bonchev–Trinajstić information content (AvgIpc) is 2.68. The molecule has 0 aliphatic rings. The second kappa shape index (κ2) is 18.9. The molecule has 182 valence electrons. The highest BCUT2D eigenvalue weighted by Crippen LogP contribution is 2.08. The van der Waals surface area contributed by atoms with E-state index in [9.17, 15) is 14.4 Å². The maximum Gasteiger partial charge on any atom is 0.407 e. The van der Waals surface area contributed by atoms with Crippen LogP contribution in [0.4, 0.5) is 9.59 Å². The van der Waals surface area contributed by atoms with Crippen molar-refractivity contribution in [2.45, 2.75) is 6.04 Å². The van der Waals surface area contributed by atoms with E-state index in [2.05, 4.69) is 15.0 Å². The highest BCUT2D eigenvalue weighted by atomic mass is 32.2. The van der Waals surface area contributed by atoms with Crippen molar-refractivity contribution in [2.24, 2.45) is 0 Å². The Hall–Kier alpha value is -1.84. The number of ether oxygens (including phenoxy) is 4. The lowest BCUT2D eigenvalue weighted by Gasteiger charge is -2.14. The first-order valence-electron chi connectivity index (χ1n) is 8.45. The van der Waals surface area contributed by atoms with Crippen molar-refractivity contribution in [1.82, 2.24) is 16.1 Å². The summed E-state index contributed by atoms with van der Waals surface area (Å²) >= 11 is 0.518. The number of thioether (sulfide) groups is 1. The summed E-state index contributed by atoms with van der Waals surface area (Å²) < 4.78 is 19.4. The van der Waals surface area contributed by atoms with Gasteiger partial charge in [0.25, 0.3) is 0 Å². The average molecular weight is 479 g/mol. The van der Waals surface area contributed by atoms with Crippen molar-refractivity contribution in [3.05, 3.63) is 0 Å². The van der Waals surface area contributed by atoms with Crippen LogP contribution in [0.1, 0.15) is 0 Å². The Bertz CT molecular complexity index is 512. The van der Waals surface area contributed by atoms with E-state index < -0.39 is 34.2 Å². The number of hydrogen-bond acceptors (Lipinski definition) is 16. The highest BCUT2D eigenvalue weighted by molar-refractivity contribution is 8.13. The summed E-state index contributed by atoms with van der Waals surface area (Å²) in [6.07, 6.45) is -1.04. The second-order valence-corrected chi connectivity index (χ2v) is 5.93. The molecule has 0 spiro atoms. The molecule has 1 unspecified atom stereocenters. The van der Waals surface area contributed by atoms with Gasteiger partial charge in [-0.1, -0.05) is 0 Å². The van der Waals surface area contributed by atoms with Crippen LogP contribution in [0.5, 0.6) is 0 Å². The first-order chi connectivity index (χ1) is 14.7. The summed E-state index contributed by atoms with van der Waals surface area (Å²) in [5, 5.41) is 42.5. The maximum atomic E-state index is 11.6. The number of alkyl carbamates (subject to hydrolysis) is 1. The predicted octanol–water partition coefficient (Wildman–Crippen LogP) is -0.907. The lowest BCUT2D eigenvalue weighted by atomic mass is 10.3. The minimum absolute atomic E-state index is 0.00181. The molecule has 0 fully saturated rings. The van der Waals surface area contributed by atoms with Crippen LogP contribution in [0.2, 0.25) is 0 Å². The van der Waals surface area contributed by atoms with E-state index in [-0.39, 0.29) is 58.6 Å². The Morgan fingerprint density at radius 1 is 0.774 bits per heavy atom. The van der Waals surface area contributed by atoms with Crippen molar-refractivity contribution in [1.29, 1.82) is 0 Å². The van der Waals surface area contributed by atoms with Gasteiger partial charge in [-0.2, -0.15) is 0 Å². The fourth-order valence-corrected chi connectivity index (χ4v) is 2.18. The largest absolute Gasteiger partial charge is 0.480 e. The fraction of sp³-hybridized carbons (Fsp3) is 0.769. The number of carbonyl (C=O) groups excluding carboxylic acids is 2. The lowest BCUT2D eigenvalue weighted by Crippen LogP contribution is -2.43. The lowest BCUT2D eigenvalue weighted by molar-refractivity contribution is -0.493. The van der Waals surface area contributed by atoms with Crippen LogP contribution in [-0.2, 0) is 33.4 Å². The quantitative estimate of drug-likeness (QED) is 0.0794. The molecule has 0 bridgehead atoms. The number of carboxylic acid groups (broad SMARTS) is 1. The molecule has 0 aliphatic heterocycles. The fourth-order valence-electron chi connectivity index (χ4n) is 1.49. The van der Waals surface area contributed by atoms with Gasteiger partial charge in [0.1, 0.15) is 19.3 Å². The molecular weight excluding hydrogens is 454 g/mol. The van der Waals surface area contributed by atoms with Gasteiger partial charge in [-0.3, -0.25) is 20.8 Å². The van der Waals surface area contributed by atoms with Crippen molar-refractivity contribution in [3.63, 3.8) is 0 Å². The van der Waals surface area contributed by atoms with Crippen LogP contribution in [0, 0.1) is 0 Å². The number of carboxylic acids is 1. The Morgan fingerprint density at radius 3 is 1.74 bits per heavy atom. The first kappa shape index (κ1) is 29.2. The first-order valence-corrected chi connectivity index (χ1v) is 9.43. The van der Waals surface area contributed by atoms with Crippen molar-refractivity contribution in [3.8, 4) is 0 Å². The van der Waals surface area contributed by atoms with Gasteiger partial charge in [-0.25, -0.2) is 24.1 Å². The summed E-state index contributed by atoms with van der Waals surface area (Å²) in [6.45, 7) is -0.759. The smallest absolute Gasteiger partial charge is 0.407 e. The van der Waals surface area contributed by atoms with Crippen LogP contribution in [0.15, 0.2) is 0 Å². The molecule has 0 heterocycles. The van der Waals surface area contributed by atoms with Gasteiger partial charge >= 0.3 is 17.4 Å².